The highest BCUT2D eigenvalue weighted by Gasteiger charge is 2.47. The van der Waals surface area contributed by atoms with Crippen molar-refractivity contribution in [2.45, 2.75) is 43.9 Å². The number of hydrogen-bond donors (Lipinski definition) is 1. The Balaban J connectivity index is 1.43. The van der Waals surface area contributed by atoms with E-state index in [0.29, 0.717) is 45.2 Å². The summed E-state index contributed by atoms with van der Waals surface area (Å²) in [6, 6.07) is 0.333. The maximum absolute atomic E-state index is 13.0. The molecule has 6 nitrogen and oxygen atoms in total. The Hall–Kier alpha value is -1.40. The van der Waals surface area contributed by atoms with Crippen molar-refractivity contribution < 1.29 is 19.1 Å². The van der Waals surface area contributed by atoms with E-state index in [1.165, 1.54) is 0 Å². The molecule has 0 aromatic heterocycles. The summed E-state index contributed by atoms with van der Waals surface area (Å²) in [5, 5.41) is 3.05. The van der Waals surface area contributed by atoms with E-state index >= 15 is 0 Å². The molecule has 0 unspecified atom stereocenters. The van der Waals surface area contributed by atoms with Crippen molar-refractivity contribution >= 4 is 11.8 Å². The molecular weight excluding hydrogens is 296 g/mol. The Labute approximate surface area is 136 Å². The van der Waals surface area contributed by atoms with Crippen molar-refractivity contribution in [3.63, 3.8) is 0 Å². The molecule has 126 valence electrons. The fraction of sp³-hybridized carbons (Fsp3) is 0.765. The van der Waals surface area contributed by atoms with Crippen LogP contribution in [0.5, 0.6) is 0 Å². The highest BCUT2D eigenvalue weighted by molar-refractivity contribution is 5.88. The van der Waals surface area contributed by atoms with Gasteiger partial charge in [0.1, 0.15) is 0 Å². The molecule has 2 heterocycles. The highest BCUT2D eigenvalue weighted by atomic mass is 16.7. The van der Waals surface area contributed by atoms with Crippen LogP contribution in [0.15, 0.2) is 12.2 Å². The number of hydrogen-bond acceptors (Lipinski definition) is 4. The molecular formula is C17H24N2O4. The van der Waals surface area contributed by atoms with E-state index in [1.54, 1.807) is 0 Å². The molecule has 0 bridgehead atoms. The van der Waals surface area contributed by atoms with E-state index in [-0.39, 0.29) is 23.7 Å². The topological polar surface area (TPSA) is 67.9 Å². The van der Waals surface area contributed by atoms with Crippen LogP contribution in [0.4, 0.5) is 0 Å². The van der Waals surface area contributed by atoms with Crippen molar-refractivity contribution in [3.8, 4) is 0 Å². The van der Waals surface area contributed by atoms with E-state index < -0.39 is 5.79 Å². The number of carbonyl (C=O) groups excluding carboxylic acids is 2. The van der Waals surface area contributed by atoms with E-state index in [1.807, 2.05) is 17.1 Å². The number of ether oxygens (including phenoxy) is 2. The quantitative estimate of drug-likeness (QED) is 0.782. The largest absolute Gasteiger partial charge is 0.353 e. The second-order valence-electron chi connectivity index (χ2n) is 7.06. The molecule has 1 spiro atoms. The van der Waals surface area contributed by atoms with Crippen LogP contribution in [-0.2, 0) is 19.1 Å². The van der Waals surface area contributed by atoms with Gasteiger partial charge in [0, 0.05) is 19.0 Å². The first-order valence-corrected chi connectivity index (χ1v) is 8.69. The van der Waals surface area contributed by atoms with Crippen molar-refractivity contribution in [3.05, 3.63) is 12.2 Å². The zero-order chi connectivity index (χ0) is 15.9. The van der Waals surface area contributed by atoms with E-state index in [4.69, 9.17) is 9.47 Å². The maximum Gasteiger partial charge on any atom is 0.227 e. The van der Waals surface area contributed by atoms with Crippen LogP contribution in [0.1, 0.15) is 32.1 Å². The third-order valence-electron chi connectivity index (χ3n) is 5.33. The second-order valence-corrected chi connectivity index (χ2v) is 7.06. The van der Waals surface area contributed by atoms with Crippen LogP contribution in [0, 0.1) is 11.8 Å². The van der Waals surface area contributed by atoms with Gasteiger partial charge in [-0.1, -0.05) is 12.2 Å². The number of amides is 2. The lowest BCUT2D eigenvalue weighted by molar-refractivity contribution is -0.155. The predicted molar refractivity (Wildman–Crippen MR) is 82.4 cm³/mol. The number of likely N-dealkylation sites (tertiary alicyclic amines) is 1. The van der Waals surface area contributed by atoms with Gasteiger partial charge in [0.2, 0.25) is 11.8 Å². The van der Waals surface area contributed by atoms with Gasteiger partial charge in [0.05, 0.1) is 31.6 Å². The normalized spacial score (nSPS) is 32.4. The van der Waals surface area contributed by atoms with Gasteiger partial charge in [0.25, 0.3) is 0 Å². The van der Waals surface area contributed by atoms with E-state index in [0.717, 1.165) is 19.3 Å². The Morgan fingerprint density at radius 3 is 2.48 bits per heavy atom. The van der Waals surface area contributed by atoms with Crippen LogP contribution in [0.25, 0.3) is 0 Å². The van der Waals surface area contributed by atoms with Crippen LogP contribution in [-0.4, -0.2) is 54.8 Å². The first kappa shape index (κ1) is 15.1. The van der Waals surface area contributed by atoms with Gasteiger partial charge >= 0.3 is 0 Å². The minimum atomic E-state index is -0.591. The number of carbonyl (C=O) groups is 2. The lowest BCUT2D eigenvalue weighted by atomic mass is 9.81. The summed E-state index contributed by atoms with van der Waals surface area (Å²) in [6.45, 7) is 2.33. The van der Waals surface area contributed by atoms with Crippen molar-refractivity contribution in [2.75, 3.05) is 26.3 Å². The van der Waals surface area contributed by atoms with Crippen molar-refractivity contribution in [1.29, 1.82) is 0 Å². The average molecular weight is 320 g/mol. The van der Waals surface area contributed by atoms with E-state index in [9.17, 15) is 9.59 Å². The van der Waals surface area contributed by atoms with Gasteiger partial charge in [-0.3, -0.25) is 9.59 Å². The Morgan fingerprint density at radius 2 is 1.78 bits per heavy atom. The Bertz CT molecular complexity index is 523. The van der Waals surface area contributed by atoms with Gasteiger partial charge in [0.15, 0.2) is 5.79 Å². The lowest BCUT2D eigenvalue weighted by Crippen LogP contribution is -2.45. The number of nitrogens with one attached hydrogen (secondary N) is 1. The molecule has 2 atom stereocenters. The number of nitrogens with zero attached hydrogens (tertiary/aromatic N) is 1. The van der Waals surface area contributed by atoms with Gasteiger partial charge in [-0.05, 0) is 25.7 Å². The molecule has 0 aromatic carbocycles. The van der Waals surface area contributed by atoms with Crippen LogP contribution in [0.3, 0.4) is 0 Å². The van der Waals surface area contributed by atoms with Crippen molar-refractivity contribution in [2.24, 2.45) is 11.8 Å². The average Bonchev–Trinajstić information content (AvgIpc) is 3.11. The van der Waals surface area contributed by atoms with Crippen LogP contribution in [0.2, 0.25) is 0 Å². The van der Waals surface area contributed by atoms with Crippen molar-refractivity contribution in [1.82, 2.24) is 10.2 Å². The Morgan fingerprint density at radius 1 is 1.09 bits per heavy atom. The molecule has 3 fully saturated rings. The summed E-state index contributed by atoms with van der Waals surface area (Å²) < 4.78 is 11.4. The summed E-state index contributed by atoms with van der Waals surface area (Å²) >= 11 is 0. The monoisotopic (exact) mass is 320 g/mol. The predicted octanol–water partition coefficient (Wildman–Crippen LogP) is 0.823. The fourth-order valence-corrected chi connectivity index (χ4v) is 3.82. The Kier molecular flexibility index (Phi) is 3.89. The molecule has 2 aliphatic heterocycles. The van der Waals surface area contributed by atoms with Crippen LogP contribution >= 0.6 is 0 Å². The minimum Gasteiger partial charge on any atom is -0.353 e. The molecule has 2 amide bonds. The zero-order valence-electron chi connectivity index (χ0n) is 13.3. The smallest absolute Gasteiger partial charge is 0.227 e. The third-order valence-corrected chi connectivity index (χ3v) is 5.33. The van der Waals surface area contributed by atoms with Gasteiger partial charge in [-0.15, -0.1) is 0 Å². The van der Waals surface area contributed by atoms with Gasteiger partial charge in [-0.2, -0.15) is 0 Å². The molecule has 2 saturated heterocycles. The highest BCUT2D eigenvalue weighted by Crippen LogP contribution is 2.34. The summed E-state index contributed by atoms with van der Waals surface area (Å²) in [7, 11) is 0. The standard InChI is InChI=1S/C17H24N2O4/c20-15(18-12-5-6-12)13-3-1-2-4-14(13)16(21)19-8-7-17(11-19)22-9-10-23-17/h1-2,12-14H,3-11H2,(H,18,20)/t13-,14-/m1/s1. The lowest BCUT2D eigenvalue weighted by Gasteiger charge is -2.31. The zero-order valence-corrected chi connectivity index (χ0v) is 13.3. The molecule has 0 aromatic rings. The third kappa shape index (κ3) is 3.02. The molecule has 0 radical (unpaired) electrons. The maximum atomic E-state index is 13.0. The minimum absolute atomic E-state index is 0.0393. The summed E-state index contributed by atoms with van der Waals surface area (Å²) in [5.74, 6) is -0.976. The molecule has 1 saturated carbocycles. The number of rotatable bonds is 3. The molecule has 23 heavy (non-hydrogen) atoms. The molecule has 2 aliphatic carbocycles. The number of allylic oxidation sites excluding steroid dienone is 2. The first-order valence-electron chi connectivity index (χ1n) is 8.69. The van der Waals surface area contributed by atoms with Gasteiger partial charge in [-0.25, -0.2) is 0 Å². The van der Waals surface area contributed by atoms with Gasteiger partial charge < -0.3 is 19.7 Å². The summed E-state index contributed by atoms with van der Waals surface area (Å²) in [6.07, 6.45) is 8.20. The first-order chi connectivity index (χ1) is 11.2. The fourth-order valence-electron chi connectivity index (χ4n) is 3.82. The molecule has 4 rings (SSSR count). The molecule has 1 N–H and O–H groups in total. The van der Waals surface area contributed by atoms with E-state index in [2.05, 4.69) is 5.32 Å². The summed E-state index contributed by atoms with van der Waals surface area (Å²) in [4.78, 5) is 27.2. The SMILES string of the molecule is O=C(NC1CC1)[C@@H]1CC=CC[C@H]1C(=O)N1CCC2(C1)OCCO2. The second kappa shape index (κ2) is 5.91. The van der Waals surface area contributed by atoms with Crippen LogP contribution < -0.4 is 5.32 Å². The molecule has 4 aliphatic rings. The molecule has 6 heteroatoms. The summed E-state index contributed by atoms with van der Waals surface area (Å²) in [5.41, 5.74) is 0.